The van der Waals surface area contributed by atoms with E-state index >= 15 is 0 Å². The first-order chi connectivity index (χ1) is 14.4. The van der Waals surface area contributed by atoms with Crippen LogP contribution >= 0.6 is 11.6 Å². The molecule has 0 bridgehead atoms. The predicted octanol–water partition coefficient (Wildman–Crippen LogP) is 4.16. The smallest absolute Gasteiger partial charge is 0.258 e. The molecule has 0 saturated carbocycles. The minimum atomic E-state index is -3.47. The maximum Gasteiger partial charge on any atom is 0.258 e. The summed E-state index contributed by atoms with van der Waals surface area (Å²) in [6.45, 7) is 0.769. The number of carbonyl (C=O) groups excluding carboxylic acids is 1. The molecule has 5 nitrogen and oxygen atoms in total. The number of anilines is 1. The van der Waals surface area contributed by atoms with Crippen molar-refractivity contribution < 1.29 is 13.2 Å². The van der Waals surface area contributed by atoms with Crippen LogP contribution in [-0.4, -0.2) is 20.9 Å². The number of sulfonamides is 1. The molecule has 30 heavy (non-hydrogen) atoms. The molecule has 4 rings (SSSR count). The number of hydrogen-bond donors (Lipinski definition) is 1. The number of amides is 1. The lowest BCUT2D eigenvalue weighted by Crippen LogP contribution is -2.29. The van der Waals surface area contributed by atoms with Crippen LogP contribution in [0.25, 0.3) is 0 Å². The van der Waals surface area contributed by atoms with Gasteiger partial charge in [0.05, 0.1) is 5.75 Å². The summed E-state index contributed by atoms with van der Waals surface area (Å²) in [4.78, 5) is 14.7. The zero-order valence-electron chi connectivity index (χ0n) is 16.2. The second-order valence-corrected chi connectivity index (χ2v) is 9.49. The first-order valence-electron chi connectivity index (χ1n) is 9.62. The van der Waals surface area contributed by atoms with Gasteiger partial charge in [0.25, 0.3) is 5.91 Å². The highest BCUT2D eigenvalue weighted by molar-refractivity contribution is 7.88. The Morgan fingerprint density at radius 1 is 0.967 bits per heavy atom. The monoisotopic (exact) mass is 440 g/mol. The molecule has 3 aromatic rings. The van der Waals surface area contributed by atoms with Crippen molar-refractivity contribution in [1.82, 2.24) is 4.72 Å². The molecule has 0 atom stereocenters. The van der Waals surface area contributed by atoms with Gasteiger partial charge in [-0.2, -0.15) is 0 Å². The van der Waals surface area contributed by atoms with Gasteiger partial charge in [-0.05, 0) is 53.4 Å². The third-order valence-electron chi connectivity index (χ3n) is 5.08. The first kappa shape index (κ1) is 20.6. The number of nitrogens with one attached hydrogen (secondary N) is 1. The molecular weight excluding hydrogens is 420 g/mol. The van der Waals surface area contributed by atoms with Gasteiger partial charge in [0.15, 0.2) is 0 Å². The summed E-state index contributed by atoms with van der Waals surface area (Å²) >= 11 is 5.92. The number of hydrogen-bond acceptors (Lipinski definition) is 3. The molecule has 1 heterocycles. The fourth-order valence-corrected chi connectivity index (χ4v) is 4.78. The molecule has 1 N–H and O–H groups in total. The van der Waals surface area contributed by atoms with E-state index < -0.39 is 10.0 Å². The summed E-state index contributed by atoms with van der Waals surface area (Å²) < 4.78 is 27.5. The van der Waals surface area contributed by atoms with Gasteiger partial charge in [0, 0.05) is 29.4 Å². The Morgan fingerprint density at radius 3 is 2.43 bits per heavy atom. The second kappa shape index (κ2) is 8.60. The number of benzene rings is 3. The van der Waals surface area contributed by atoms with E-state index in [-0.39, 0.29) is 18.2 Å². The summed E-state index contributed by atoms with van der Waals surface area (Å²) in [5, 5.41) is 0.582. The van der Waals surface area contributed by atoms with Crippen molar-refractivity contribution >= 4 is 33.2 Å². The Morgan fingerprint density at radius 2 is 1.70 bits per heavy atom. The lowest BCUT2D eigenvalue weighted by molar-refractivity contribution is 0.0989. The number of nitrogens with zero attached hydrogens (tertiary/aromatic N) is 1. The zero-order valence-corrected chi connectivity index (χ0v) is 17.8. The van der Waals surface area contributed by atoms with Crippen LogP contribution < -0.4 is 9.62 Å². The van der Waals surface area contributed by atoms with Crippen molar-refractivity contribution in [1.29, 1.82) is 0 Å². The molecule has 1 amide bonds. The van der Waals surface area contributed by atoms with E-state index in [0.29, 0.717) is 17.1 Å². The Bertz CT molecular complexity index is 1160. The van der Waals surface area contributed by atoms with Gasteiger partial charge >= 0.3 is 0 Å². The van der Waals surface area contributed by atoms with Crippen molar-refractivity contribution in [2.75, 3.05) is 11.4 Å². The first-order valence-corrected chi connectivity index (χ1v) is 11.6. The average Bonchev–Trinajstić information content (AvgIpc) is 3.16. The summed E-state index contributed by atoms with van der Waals surface area (Å²) in [7, 11) is -3.47. The van der Waals surface area contributed by atoms with Crippen LogP contribution in [0.3, 0.4) is 0 Å². The summed E-state index contributed by atoms with van der Waals surface area (Å²) in [6, 6.07) is 21.6. The van der Waals surface area contributed by atoms with E-state index in [1.54, 1.807) is 41.3 Å². The normalized spacial score (nSPS) is 13.3. The minimum absolute atomic E-state index is 0.0695. The van der Waals surface area contributed by atoms with E-state index in [2.05, 4.69) is 4.72 Å². The predicted molar refractivity (Wildman–Crippen MR) is 119 cm³/mol. The lowest BCUT2D eigenvalue weighted by atomic mass is 10.1. The molecule has 1 aliphatic rings. The maximum atomic E-state index is 12.9. The van der Waals surface area contributed by atoms with E-state index in [9.17, 15) is 13.2 Å². The molecule has 0 fully saturated rings. The van der Waals surface area contributed by atoms with Gasteiger partial charge in [0.2, 0.25) is 10.0 Å². The molecule has 0 aliphatic carbocycles. The zero-order chi connectivity index (χ0) is 21.1. The number of carbonyl (C=O) groups is 1. The van der Waals surface area contributed by atoms with E-state index in [1.807, 2.05) is 36.4 Å². The summed E-state index contributed by atoms with van der Waals surface area (Å²) in [5.74, 6) is -0.160. The van der Waals surface area contributed by atoms with Crippen molar-refractivity contribution in [3.63, 3.8) is 0 Å². The topological polar surface area (TPSA) is 66.5 Å². The Labute approximate surface area is 181 Å². The molecule has 0 unspecified atom stereocenters. The third kappa shape index (κ3) is 4.73. The highest BCUT2D eigenvalue weighted by Crippen LogP contribution is 2.30. The lowest BCUT2D eigenvalue weighted by Gasteiger charge is -2.18. The van der Waals surface area contributed by atoms with Gasteiger partial charge < -0.3 is 4.90 Å². The maximum absolute atomic E-state index is 12.9. The van der Waals surface area contributed by atoms with Crippen molar-refractivity contribution in [2.45, 2.75) is 18.7 Å². The van der Waals surface area contributed by atoms with Crippen LogP contribution in [0, 0.1) is 0 Å². The standard InChI is InChI=1S/C23H21ClN2O3S/c24-21-10-8-20(9-11-21)23(27)26-13-12-19-7-6-18(14-22(19)26)15-25-30(28,29)16-17-4-2-1-3-5-17/h1-11,14,25H,12-13,15-16H2. The largest absolute Gasteiger partial charge is 0.308 e. The average molecular weight is 441 g/mol. The van der Waals surface area contributed by atoms with Crippen LogP contribution in [0.2, 0.25) is 5.02 Å². The molecule has 154 valence electrons. The summed E-state index contributed by atoms with van der Waals surface area (Å²) in [6.07, 6.45) is 0.772. The van der Waals surface area contributed by atoms with Crippen LogP contribution in [0.15, 0.2) is 72.8 Å². The van der Waals surface area contributed by atoms with Crippen molar-refractivity contribution in [3.05, 3.63) is 100 Å². The Kier molecular flexibility index (Phi) is 5.90. The highest BCUT2D eigenvalue weighted by Gasteiger charge is 2.26. The minimum Gasteiger partial charge on any atom is -0.308 e. The third-order valence-corrected chi connectivity index (χ3v) is 6.63. The molecule has 7 heteroatoms. The van der Waals surface area contributed by atoms with E-state index in [0.717, 1.165) is 28.8 Å². The van der Waals surface area contributed by atoms with Gasteiger partial charge in [-0.1, -0.05) is 54.1 Å². The molecule has 0 radical (unpaired) electrons. The number of fused-ring (bicyclic) bond motifs is 1. The Hall–Kier alpha value is -2.67. The fraction of sp³-hybridized carbons (Fsp3) is 0.174. The molecular formula is C23H21ClN2O3S. The van der Waals surface area contributed by atoms with Gasteiger partial charge in [-0.3, -0.25) is 4.79 Å². The number of rotatable bonds is 6. The van der Waals surface area contributed by atoms with Crippen molar-refractivity contribution in [3.8, 4) is 0 Å². The van der Waals surface area contributed by atoms with Crippen LogP contribution in [0.1, 0.15) is 27.0 Å². The van der Waals surface area contributed by atoms with E-state index in [1.165, 1.54) is 0 Å². The molecule has 1 aliphatic heterocycles. The van der Waals surface area contributed by atoms with Crippen LogP contribution in [0.4, 0.5) is 5.69 Å². The highest BCUT2D eigenvalue weighted by atomic mass is 35.5. The SMILES string of the molecule is O=C(c1ccc(Cl)cc1)N1CCc2ccc(CNS(=O)(=O)Cc3ccccc3)cc21. The molecule has 0 spiro atoms. The van der Waals surface area contributed by atoms with Gasteiger partial charge in [0.1, 0.15) is 0 Å². The molecule has 0 saturated heterocycles. The quantitative estimate of drug-likeness (QED) is 0.625. The van der Waals surface area contributed by atoms with Gasteiger partial charge in [-0.15, -0.1) is 0 Å². The summed E-state index contributed by atoms with van der Waals surface area (Å²) in [5.41, 5.74) is 4.02. The van der Waals surface area contributed by atoms with E-state index in [4.69, 9.17) is 11.6 Å². The van der Waals surface area contributed by atoms with Gasteiger partial charge in [-0.25, -0.2) is 13.1 Å². The number of halogens is 1. The van der Waals surface area contributed by atoms with Crippen molar-refractivity contribution in [2.24, 2.45) is 0 Å². The fourth-order valence-electron chi connectivity index (χ4n) is 3.53. The molecule has 0 aromatic heterocycles. The van der Waals surface area contributed by atoms with Crippen LogP contribution in [0.5, 0.6) is 0 Å². The van der Waals surface area contributed by atoms with Crippen LogP contribution in [-0.2, 0) is 28.7 Å². The Balaban J connectivity index is 1.48. The molecule has 3 aromatic carbocycles. The second-order valence-electron chi connectivity index (χ2n) is 7.24.